The Morgan fingerprint density at radius 2 is 1.78 bits per heavy atom. The van der Waals surface area contributed by atoms with Gasteiger partial charge in [0.2, 0.25) is 0 Å². The molecule has 2 heterocycles. The molecule has 1 aliphatic heterocycles. The number of fused-ring (bicyclic) bond motifs is 1. The fourth-order valence-corrected chi connectivity index (χ4v) is 4.86. The number of nitrogens with zero attached hydrogens (tertiary/aromatic N) is 2. The Morgan fingerprint density at radius 1 is 1.10 bits per heavy atom. The van der Waals surface area contributed by atoms with Gasteiger partial charge in [-0.3, -0.25) is 20.0 Å². The van der Waals surface area contributed by atoms with Gasteiger partial charge in [-0.2, -0.15) is 26.3 Å². The number of nitrogens with two attached hydrogens (primary N) is 1. The molecule has 4 N–H and O–H groups in total. The molecule has 1 fully saturated rings. The van der Waals surface area contributed by atoms with Crippen LogP contribution < -0.4 is 11.2 Å². The maximum Gasteiger partial charge on any atom is 0.416 e. The van der Waals surface area contributed by atoms with Crippen LogP contribution in [0.4, 0.5) is 26.3 Å². The van der Waals surface area contributed by atoms with Gasteiger partial charge in [0.05, 0.1) is 17.7 Å². The zero-order valence-electron chi connectivity index (χ0n) is 22.3. The normalized spacial score (nSPS) is 17.3. The summed E-state index contributed by atoms with van der Waals surface area (Å²) in [6.45, 7) is 3.81. The van der Waals surface area contributed by atoms with Gasteiger partial charge >= 0.3 is 12.4 Å². The van der Waals surface area contributed by atoms with Gasteiger partial charge in [0.1, 0.15) is 0 Å². The second kappa shape index (κ2) is 12.5. The Morgan fingerprint density at radius 3 is 2.44 bits per heavy atom. The van der Waals surface area contributed by atoms with Crippen LogP contribution in [0.3, 0.4) is 0 Å². The monoisotopic (exact) mass is 583 g/mol. The highest BCUT2D eigenvalue weighted by Crippen LogP contribution is 2.37. The summed E-state index contributed by atoms with van der Waals surface area (Å²) in [7, 11) is 0. The topological polar surface area (TPSA) is 86.6 Å². The lowest BCUT2D eigenvalue weighted by atomic mass is 9.98. The van der Waals surface area contributed by atoms with Gasteiger partial charge in [0.15, 0.2) is 0 Å². The van der Waals surface area contributed by atoms with Gasteiger partial charge in [-0.1, -0.05) is 18.2 Å². The molecular formula is C28H31F6N5O2. The first-order valence-electron chi connectivity index (χ1n) is 13.0. The number of carbonyl (C=O) groups is 1. The van der Waals surface area contributed by atoms with E-state index in [1.165, 1.54) is 4.90 Å². The molecular weight excluding hydrogens is 552 g/mol. The van der Waals surface area contributed by atoms with Crippen LogP contribution in [0.15, 0.2) is 60.4 Å². The first kappa shape index (κ1) is 30.4. The number of piperazine rings is 1. The van der Waals surface area contributed by atoms with E-state index in [0.717, 1.165) is 22.2 Å². The van der Waals surface area contributed by atoms with Crippen molar-refractivity contribution >= 4 is 16.8 Å². The molecule has 1 amide bonds. The number of nitrogens with one attached hydrogen (secondary N) is 2. The largest absolute Gasteiger partial charge is 0.416 e. The molecule has 0 saturated carbocycles. The molecule has 7 nitrogen and oxygen atoms in total. The minimum atomic E-state index is -5.05. The fourth-order valence-electron chi connectivity index (χ4n) is 4.86. The Hall–Kier alpha value is -3.55. The maximum absolute atomic E-state index is 13.6. The number of allylic oxidation sites excluding steroid dienone is 1. The molecule has 222 valence electrons. The number of alkyl halides is 6. The number of benzene rings is 2. The van der Waals surface area contributed by atoms with Crippen molar-refractivity contribution in [2.24, 2.45) is 5.73 Å². The van der Waals surface area contributed by atoms with Crippen LogP contribution in [0, 0.1) is 0 Å². The highest BCUT2D eigenvalue weighted by atomic mass is 19.4. The molecule has 1 saturated heterocycles. The van der Waals surface area contributed by atoms with Crippen LogP contribution in [-0.4, -0.2) is 66.1 Å². The van der Waals surface area contributed by atoms with E-state index in [2.05, 4.69) is 15.4 Å². The predicted octanol–water partition coefficient (Wildman–Crippen LogP) is 4.96. The average Bonchev–Trinajstić information content (AvgIpc) is 3.33. The smallest absolute Gasteiger partial charge is 0.361 e. The summed E-state index contributed by atoms with van der Waals surface area (Å²) < 4.78 is 80.9. The van der Waals surface area contributed by atoms with Crippen molar-refractivity contribution in [2.75, 3.05) is 39.3 Å². The lowest BCUT2D eigenvalue weighted by Crippen LogP contribution is -2.56. The highest BCUT2D eigenvalue weighted by Gasteiger charge is 2.39. The van der Waals surface area contributed by atoms with Crippen LogP contribution in [0.2, 0.25) is 0 Å². The minimum Gasteiger partial charge on any atom is -0.361 e. The number of amides is 1. The van der Waals surface area contributed by atoms with Gasteiger partial charge < -0.3 is 15.6 Å². The van der Waals surface area contributed by atoms with Crippen LogP contribution in [-0.2, 0) is 23.6 Å². The van der Waals surface area contributed by atoms with E-state index < -0.39 is 41.0 Å². The van der Waals surface area contributed by atoms with Gasteiger partial charge in [0, 0.05) is 67.1 Å². The van der Waals surface area contributed by atoms with Crippen molar-refractivity contribution in [1.82, 2.24) is 20.3 Å². The summed E-state index contributed by atoms with van der Waals surface area (Å²) >= 11 is 0. The lowest BCUT2D eigenvalue weighted by molar-refractivity contribution is -0.143. The Kier molecular flexibility index (Phi) is 9.30. The third-order valence-electron chi connectivity index (χ3n) is 6.90. The summed E-state index contributed by atoms with van der Waals surface area (Å²) in [5.74, 6) is -0.880. The maximum atomic E-state index is 13.6. The zero-order valence-corrected chi connectivity index (χ0v) is 22.3. The number of hydroxylamine groups is 1. The average molecular weight is 584 g/mol. The Bertz CT molecular complexity index is 1350. The summed E-state index contributed by atoms with van der Waals surface area (Å²) in [5.41, 5.74) is 7.00. The molecule has 0 bridgehead atoms. The number of H-pyrrole nitrogens is 1. The van der Waals surface area contributed by atoms with Crippen molar-refractivity contribution in [1.29, 1.82) is 0 Å². The van der Waals surface area contributed by atoms with E-state index in [9.17, 15) is 31.1 Å². The van der Waals surface area contributed by atoms with Gasteiger partial charge in [-0.05, 0) is 49.2 Å². The molecule has 41 heavy (non-hydrogen) atoms. The lowest BCUT2D eigenvalue weighted by Gasteiger charge is -2.41. The van der Waals surface area contributed by atoms with E-state index in [0.29, 0.717) is 51.3 Å². The Balaban J connectivity index is 1.63. The van der Waals surface area contributed by atoms with E-state index in [4.69, 9.17) is 10.6 Å². The van der Waals surface area contributed by atoms with E-state index >= 15 is 0 Å². The Labute approximate surface area is 232 Å². The van der Waals surface area contributed by atoms with Crippen molar-refractivity contribution in [3.8, 4) is 0 Å². The third kappa shape index (κ3) is 7.60. The van der Waals surface area contributed by atoms with Crippen LogP contribution in [0.1, 0.15) is 34.0 Å². The second-order valence-corrected chi connectivity index (χ2v) is 9.90. The molecule has 1 aromatic heterocycles. The molecule has 1 aliphatic rings. The summed E-state index contributed by atoms with van der Waals surface area (Å²) in [6, 6.07) is 8.03. The summed E-state index contributed by atoms with van der Waals surface area (Å²) in [5, 5.41) is 0.924. The first-order valence-corrected chi connectivity index (χ1v) is 13.0. The van der Waals surface area contributed by atoms with E-state index in [1.807, 2.05) is 37.3 Å². The number of hydrogen-bond donors (Lipinski definition) is 3. The molecule has 4 rings (SSSR count). The first-order chi connectivity index (χ1) is 19.4. The SMILES string of the molecule is CC(=CCN1CCN(C(=O)c2cc(C(F)(F)F)cc(C(F)(F)F)c2)[C@H](Cc2c[nH]c3ccccc23)C1)NOCCN. The van der Waals surface area contributed by atoms with Crippen molar-refractivity contribution in [2.45, 2.75) is 31.7 Å². The number of halogens is 6. The summed E-state index contributed by atoms with van der Waals surface area (Å²) in [6.07, 6.45) is -6.06. The van der Waals surface area contributed by atoms with Gasteiger partial charge in [-0.15, -0.1) is 0 Å². The molecule has 2 aromatic carbocycles. The molecule has 0 unspecified atom stereocenters. The fraction of sp³-hybridized carbons (Fsp3) is 0.393. The summed E-state index contributed by atoms with van der Waals surface area (Å²) in [4.78, 5) is 25.4. The van der Waals surface area contributed by atoms with Crippen molar-refractivity contribution in [3.05, 3.63) is 82.7 Å². The van der Waals surface area contributed by atoms with E-state index in [1.54, 1.807) is 6.20 Å². The molecule has 1 atom stereocenters. The second-order valence-electron chi connectivity index (χ2n) is 9.90. The van der Waals surface area contributed by atoms with Gasteiger partial charge in [-0.25, -0.2) is 0 Å². The van der Waals surface area contributed by atoms with Crippen LogP contribution >= 0.6 is 0 Å². The number of para-hydroxylation sites is 1. The molecule has 0 radical (unpaired) electrons. The number of aromatic amines is 1. The van der Waals surface area contributed by atoms with Gasteiger partial charge in [0.25, 0.3) is 5.91 Å². The number of hydrogen-bond acceptors (Lipinski definition) is 5. The minimum absolute atomic E-state index is 0.0259. The quantitative estimate of drug-likeness (QED) is 0.189. The van der Waals surface area contributed by atoms with Crippen molar-refractivity contribution < 1.29 is 36.0 Å². The predicted molar refractivity (Wildman–Crippen MR) is 142 cm³/mol. The number of carbonyl (C=O) groups excluding carboxylic acids is 1. The standard InChI is InChI=1S/C28H31F6N5O2/c1-18(37-41-11-7-35)6-8-38-9-10-39(23(17-38)14-20-16-36-25-5-3-2-4-24(20)25)26(40)19-12-21(27(29,30)31)15-22(13-19)28(32,33)34/h2-6,12-13,15-16,23,36-37H,7-11,14,17,35H2,1H3/t23-/m1/s1. The zero-order chi connectivity index (χ0) is 29.8. The van der Waals surface area contributed by atoms with E-state index in [-0.39, 0.29) is 12.6 Å². The molecule has 0 aliphatic carbocycles. The third-order valence-corrected chi connectivity index (χ3v) is 6.90. The molecule has 13 heteroatoms. The number of rotatable bonds is 9. The molecule has 3 aromatic rings. The number of aromatic nitrogens is 1. The molecule has 0 spiro atoms. The van der Waals surface area contributed by atoms with Crippen LogP contribution in [0.5, 0.6) is 0 Å². The van der Waals surface area contributed by atoms with Crippen molar-refractivity contribution in [3.63, 3.8) is 0 Å². The highest BCUT2D eigenvalue weighted by molar-refractivity contribution is 5.95. The van der Waals surface area contributed by atoms with Crippen LogP contribution in [0.25, 0.3) is 10.9 Å².